The molecular weight excluding hydrogens is 244 g/mol. The largest absolute Gasteiger partial charge is 0.496 e. The maximum Gasteiger partial charge on any atom is 0.303 e. The van der Waals surface area contributed by atoms with Crippen molar-refractivity contribution in [2.24, 2.45) is 0 Å². The van der Waals surface area contributed by atoms with Crippen molar-refractivity contribution in [3.05, 3.63) is 28.3 Å². The number of carboxylic acid groups (broad SMARTS) is 1. The van der Waals surface area contributed by atoms with Crippen LogP contribution in [0.5, 0.6) is 5.75 Å². The summed E-state index contributed by atoms with van der Waals surface area (Å²) in [7, 11) is 1.61. The number of Topliss-reactive ketones (excluding diaryl/α,β-unsaturated/α-hetero) is 1. The summed E-state index contributed by atoms with van der Waals surface area (Å²) in [6.07, 6.45) is 0.664. The lowest BCUT2D eigenvalue weighted by Gasteiger charge is -2.15. The Kier molecular flexibility index (Phi) is 5.10. The molecule has 0 radical (unpaired) electrons. The van der Waals surface area contributed by atoms with Gasteiger partial charge in [0, 0.05) is 18.4 Å². The molecule has 0 spiro atoms. The molecule has 0 bridgehead atoms. The number of aliphatic carboxylic acids is 1. The van der Waals surface area contributed by atoms with Crippen LogP contribution in [0.4, 0.5) is 0 Å². The highest BCUT2D eigenvalue weighted by atomic mass is 16.5. The Labute approximate surface area is 113 Å². The molecule has 104 valence electrons. The Morgan fingerprint density at radius 1 is 1.16 bits per heavy atom. The Balaban J connectivity index is 2.97. The number of ether oxygens (including phenoxy) is 1. The number of hydrogen-bond acceptors (Lipinski definition) is 3. The molecule has 4 nitrogen and oxygen atoms in total. The van der Waals surface area contributed by atoms with E-state index in [-0.39, 0.29) is 18.6 Å². The molecular formula is C15H20O4. The van der Waals surface area contributed by atoms with Gasteiger partial charge >= 0.3 is 5.97 Å². The summed E-state index contributed by atoms with van der Waals surface area (Å²) >= 11 is 0. The number of carboxylic acids is 1. The second kappa shape index (κ2) is 6.36. The van der Waals surface area contributed by atoms with Crippen molar-refractivity contribution < 1.29 is 19.4 Å². The second-order valence-corrected chi connectivity index (χ2v) is 4.69. The number of benzene rings is 1. The number of aryl methyl sites for hydroxylation is 1. The van der Waals surface area contributed by atoms with Gasteiger partial charge in [-0.1, -0.05) is 0 Å². The van der Waals surface area contributed by atoms with Crippen molar-refractivity contribution in [2.45, 2.75) is 40.0 Å². The Bertz CT molecular complexity index is 503. The molecule has 0 aliphatic heterocycles. The standard InChI is InChI=1S/C15H20O4/c1-9-8-13(19-4)10(2)11(3)15(9)12(16)6-5-7-14(17)18/h8H,5-7H2,1-4H3,(H,17,18). The number of hydrogen-bond donors (Lipinski definition) is 1. The van der Waals surface area contributed by atoms with Gasteiger partial charge in [-0.05, 0) is 49.9 Å². The number of carbonyl (C=O) groups is 2. The first kappa shape index (κ1) is 15.2. The second-order valence-electron chi connectivity index (χ2n) is 4.69. The Hall–Kier alpha value is -1.84. The van der Waals surface area contributed by atoms with Crippen molar-refractivity contribution in [3.63, 3.8) is 0 Å². The van der Waals surface area contributed by atoms with Crippen LogP contribution in [0.3, 0.4) is 0 Å². The molecule has 1 aromatic carbocycles. The molecule has 19 heavy (non-hydrogen) atoms. The lowest BCUT2D eigenvalue weighted by atomic mass is 9.92. The van der Waals surface area contributed by atoms with Crippen molar-refractivity contribution >= 4 is 11.8 Å². The first-order chi connectivity index (χ1) is 8.88. The minimum atomic E-state index is -0.868. The topological polar surface area (TPSA) is 63.6 Å². The predicted octanol–water partition coefficient (Wildman–Crippen LogP) is 3.06. The van der Waals surface area contributed by atoms with Gasteiger partial charge in [0.15, 0.2) is 5.78 Å². The molecule has 0 aliphatic rings. The molecule has 1 N–H and O–H groups in total. The minimum absolute atomic E-state index is 0.00185. The van der Waals surface area contributed by atoms with Crippen LogP contribution in [-0.4, -0.2) is 24.0 Å². The molecule has 1 rings (SSSR count). The van der Waals surface area contributed by atoms with Gasteiger partial charge in [-0.15, -0.1) is 0 Å². The lowest BCUT2D eigenvalue weighted by Crippen LogP contribution is -2.08. The van der Waals surface area contributed by atoms with E-state index in [0.29, 0.717) is 12.0 Å². The van der Waals surface area contributed by atoms with Crippen LogP contribution in [0, 0.1) is 20.8 Å². The van der Waals surface area contributed by atoms with Gasteiger partial charge in [0.1, 0.15) is 5.75 Å². The van der Waals surface area contributed by atoms with Gasteiger partial charge in [0.2, 0.25) is 0 Å². The molecule has 0 unspecified atom stereocenters. The van der Waals surface area contributed by atoms with E-state index < -0.39 is 5.97 Å². The SMILES string of the molecule is COc1cc(C)c(C(=O)CCCC(=O)O)c(C)c1C. The maximum absolute atomic E-state index is 12.2. The fourth-order valence-corrected chi connectivity index (χ4v) is 2.21. The number of methoxy groups -OCH3 is 1. The van der Waals surface area contributed by atoms with Crippen LogP contribution in [0.1, 0.15) is 46.3 Å². The average molecular weight is 264 g/mol. The van der Waals surface area contributed by atoms with Crippen LogP contribution < -0.4 is 4.74 Å². The van der Waals surface area contributed by atoms with Crippen LogP contribution in [0.25, 0.3) is 0 Å². The predicted molar refractivity (Wildman–Crippen MR) is 73.0 cm³/mol. The van der Waals surface area contributed by atoms with Gasteiger partial charge in [-0.2, -0.15) is 0 Å². The van der Waals surface area contributed by atoms with Gasteiger partial charge in [0.25, 0.3) is 0 Å². The smallest absolute Gasteiger partial charge is 0.303 e. The lowest BCUT2D eigenvalue weighted by molar-refractivity contribution is -0.137. The molecule has 0 fully saturated rings. The van der Waals surface area contributed by atoms with Crippen LogP contribution in [-0.2, 0) is 4.79 Å². The highest BCUT2D eigenvalue weighted by Gasteiger charge is 2.16. The third kappa shape index (κ3) is 3.56. The fourth-order valence-electron chi connectivity index (χ4n) is 2.21. The molecule has 0 aliphatic carbocycles. The molecule has 0 atom stereocenters. The van der Waals surface area contributed by atoms with Crippen molar-refractivity contribution in [1.29, 1.82) is 0 Å². The molecule has 1 aromatic rings. The first-order valence-electron chi connectivity index (χ1n) is 6.28. The van der Waals surface area contributed by atoms with Crippen LogP contribution in [0.2, 0.25) is 0 Å². The summed E-state index contributed by atoms with van der Waals surface area (Å²) in [5, 5.41) is 8.59. The van der Waals surface area contributed by atoms with E-state index in [1.165, 1.54) is 0 Å². The minimum Gasteiger partial charge on any atom is -0.496 e. The van der Waals surface area contributed by atoms with E-state index in [9.17, 15) is 9.59 Å². The van der Waals surface area contributed by atoms with Gasteiger partial charge < -0.3 is 9.84 Å². The van der Waals surface area contributed by atoms with E-state index in [2.05, 4.69) is 0 Å². The van der Waals surface area contributed by atoms with E-state index in [1.807, 2.05) is 26.8 Å². The molecule has 4 heteroatoms. The monoisotopic (exact) mass is 264 g/mol. The molecule has 0 saturated heterocycles. The highest BCUT2D eigenvalue weighted by Crippen LogP contribution is 2.28. The highest BCUT2D eigenvalue weighted by molar-refractivity contribution is 5.99. The zero-order valence-corrected chi connectivity index (χ0v) is 11.9. The average Bonchev–Trinajstić information content (AvgIpc) is 2.33. The summed E-state index contributed by atoms with van der Waals surface area (Å²) in [4.78, 5) is 22.6. The normalized spacial score (nSPS) is 10.3. The number of rotatable bonds is 6. The quantitative estimate of drug-likeness (QED) is 0.802. The summed E-state index contributed by atoms with van der Waals surface area (Å²) in [6.45, 7) is 5.69. The zero-order chi connectivity index (χ0) is 14.6. The Morgan fingerprint density at radius 3 is 2.32 bits per heavy atom. The van der Waals surface area contributed by atoms with E-state index >= 15 is 0 Å². The number of ketones is 1. The number of carbonyl (C=O) groups excluding carboxylic acids is 1. The van der Waals surface area contributed by atoms with Crippen LogP contribution in [0.15, 0.2) is 6.07 Å². The third-order valence-corrected chi connectivity index (χ3v) is 3.34. The van der Waals surface area contributed by atoms with Gasteiger partial charge in [-0.25, -0.2) is 0 Å². The third-order valence-electron chi connectivity index (χ3n) is 3.34. The summed E-state index contributed by atoms with van der Waals surface area (Å²) in [5.74, 6) is -0.0914. The fraction of sp³-hybridized carbons (Fsp3) is 0.467. The van der Waals surface area contributed by atoms with Crippen molar-refractivity contribution in [2.75, 3.05) is 7.11 Å². The van der Waals surface area contributed by atoms with Crippen LogP contribution >= 0.6 is 0 Å². The molecule has 0 heterocycles. The Morgan fingerprint density at radius 2 is 1.79 bits per heavy atom. The van der Waals surface area contributed by atoms with E-state index in [4.69, 9.17) is 9.84 Å². The maximum atomic E-state index is 12.2. The van der Waals surface area contributed by atoms with E-state index in [1.54, 1.807) is 7.11 Å². The van der Waals surface area contributed by atoms with Crippen molar-refractivity contribution in [3.8, 4) is 5.75 Å². The summed E-state index contributed by atoms with van der Waals surface area (Å²) in [5.41, 5.74) is 3.44. The molecule has 0 aromatic heterocycles. The van der Waals surface area contributed by atoms with Gasteiger partial charge in [-0.3, -0.25) is 9.59 Å². The molecule has 0 saturated carbocycles. The summed E-state index contributed by atoms with van der Waals surface area (Å²) < 4.78 is 5.26. The van der Waals surface area contributed by atoms with Crippen molar-refractivity contribution in [1.82, 2.24) is 0 Å². The summed E-state index contributed by atoms with van der Waals surface area (Å²) in [6, 6.07) is 1.85. The molecule has 0 amide bonds. The van der Waals surface area contributed by atoms with Gasteiger partial charge in [0.05, 0.1) is 7.11 Å². The zero-order valence-electron chi connectivity index (χ0n) is 11.9. The first-order valence-corrected chi connectivity index (χ1v) is 6.28. The van der Waals surface area contributed by atoms with E-state index in [0.717, 1.165) is 22.4 Å².